The van der Waals surface area contributed by atoms with E-state index in [1.165, 1.54) is 0 Å². The molecular weight excluding hydrogens is 384 g/mol. The van der Waals surface area contributed by atoms with E-state index >= 15 is 0 Å². The van der Waals surface area contributed by atoms with Crippen LogP contribution in [0.4, 0.5) is 5.69 Å². The maximum absolute atomic E-state index is 13.3. The molecule has 1 heterocycles. The molecule has 0 saturated heterocycles. The lowest BCUT2D eigenvalue weighted by Crippen LogP contribution is -2.30. The summed E-state index contributed by atoms with van der Waals surface area (Å²) in [6, 6.07) is 12.2. The van der Waals surface area contributed by atoms with E-state index in [-0.39, 0.29) is 11.9 Å². The van der Waals surface area contributed by atoms with Gasteiger partial charge in [-0.1, -0.05) is 12.1 Å². The summed E-state index contributed by atoms with van der Waals surface area (Å²) >= 11 is 1.73. The normalized spacial score (nSPS) is 14.1. The highest BCUT2D eigenvalue weighted by molar-refractivity contribution is 7.98. The van der Waals surface area contributed by atoms with E-state index < -0.39 is 0 Å². The molecule has 0 aliphatic carbocycles. The van der Waals surface area contributed by atoms with Crippen LogP contribution in [0.5, 0.6) is 11.5 Å². The third kappa shape index (κ3) is 4.47. The molecule has 0 radical (unpaired) electrons. The number of nitrogens with one attached hydrogen (secondary N) is 1. The second-order valence-electron chi connectivity index (χ2n) is 7.38. The molecule has 2 aromatic rings. The van der Waals surface area contributed by atoms with Crippen molar-refractivity contribution in [3.8, 4) is 11.5 Å². The predicted molar refractivity (Wildman–Crippen MR) is 120 cm³/mol. The van der Waals surface area contributed by atoms with Crippen LogP contribution in [0.25, 0.3) is 0 Å². The summed E-state index contributed by atoms with van der Waals surface area (Å²) in [5.74, 6) is 2.31. The Morgan fingerprint density at radius 1 is 1.21 bits per heavy atom. The number of hydrogen-bond acceptors (Lipinski definition) is 5. The average Bonchev–Trinajstić information content (AvgIpc) is 3.03. The first-order chi connectivity index (χ1) is 14.0. The van der Waals surface area contributed by atoms with Crippen molar-refractivity contribution in [1.82, 2.24) is 4.90 Å². The number of hydrogen-bond donors (Lipinski definition) is 1. The average molecular weight is 415 g/mol. The van der Waals surface area contributed by atoms with Crippen molar-refractivity contribution in [2.24, 2.45) is 0 Å². The number of carbonyl (C=O) groups excluding carboxylic acids is 1. The number of thioether (sulfide) groups is 1. The molecule has 1 unspecified atom stereocenters. The molecule has 0 fully saturated rings. The van der Waals surface area contributed by atoms with Gasteiger partial charge in [0.25, 0.3) is 5.91 Å². The first-order valence-electron chi connectivity index (χ1n) is 9.99. The molecular formula is C23H30N2O3S. The predicted octanol–water partition coefficient (Wildman–Crippen LogP) is 4.97. The smallest absolute Gasteiger partial charge is 0.255 e. The molecule has 1 atom stereocenters. The van der Waals surface area contributed by atoms with E-state index in [4.69, 9.17) is 9.47 Å². The Kier molecular flexibility index (Phi) is 6.96. The molecule has 1 N–H and O–H groups in total. The van der Waals surface area contributed by atoms with Gasteiger partial charge >= 0.3 is 0 Å². The lowest BCUT2D eigenvalue weighted by Gasteiger charge is -2.28. The topological polar surface area (TPSA) is 50.8 Å². The molecule has 1 aliphatic heterocycles. The molecule has 2 aromatic carbocycles. The lowest BCUT2D eigenvalue weighted by molar-refractivity contribution is 0.0719. The fourth-order valence-electron chi connectivity index (χ4n) is 3.75. The minimum Gasteiger partial charge on any atom is -0.493 e. The van der Waals surface area contributed by atoms with Crippen LogP contribution in [0.2, 0.25) is 0 Å². The van der Waals surface area contributed by atoms with Gasteiger partial charge in [-0.25, -0.2) is 0 Å². The van der Waals surface area contributed by atoms with E-state index in [0.29, 0.717) is 30.7 Å². The minimum absolute atomic E-state index is 0.0399. The van der Waals surface area contributed by atoms with Crippen molar-refractivity contribution >= 4 is 23.4 Å². The van der Waals surface area contributed by atoms with Gasteiger partial charge in [0.1, 0.15) is 0 Å². The number of amides is 1. The zero-order valence-electron chi connectivity index (χ0n) is 17.8. The summed E-state index contributed by atoms with van der Waals surface area (Å²) in [5, 5.41) is 3.48. The van der Waals surface area contributed by atoms with Crippen LogP contribution < -0.4 is 14.8 Å². The van der Waals surface area contributed by atoms with Gasteiger partial charge in [0.05, 0.1) is 19.8 Å². The van der Waals surface area contributed by atoms with Crippen LogP contribution in [0, 0.1) is 0 Å². The van der Waals surface area contributed by atoms with Crippen LogP contribution in [0.15, 0.2) is 36.4 Å². The number of rotatable bonds is 9. The molecule has 1 aliphatic rings. The maximum Gasteiger partial charge on any atom is 0.255 e. The van der Waals surface area contributed by atoms with Crippen LogP contribution in [-0.4, -0.2) is 42.6 Å². The molecule has 0 aromatic heterocycles. The number of fused-ring (bicyclic) bond motifs is 1. The SMILES string of the molecule is CCOc1cc(C(CSC)N2Cc3c(NC(C)C)cccc3C2=O)ccc1OC. The second kappa shape index (κ2) is 9.44. The van der Waals surface area contributed by atoms with Crippen molar-refractivity contribution in [1.29, 1.82) is 0 Å². The number of carbonyl (C=O) groups is 1. The highest BCUT2D eigenvalue weighted by atomic mass is 32.2. The molecule has 0 saturated carbocycles. The van der Waals surface area contributed by atoms with Gasteiger partial charge < -0.3 is 19.7 Å². The summed E-state index contributed by atoms with van der Waals surface area (Å²) in [4.78, 5) is 15.3. The van der Waals surface area contributed by atoms with Crippen molar-refractivity contribution in [3.63, 3.8) is 0 Å². The van der Waals surface area contributed by atoms with E-state index in [1.807, 2.05) is 42.2 Å². The van der Waals surface area contributed by atoms with Crippen molar-refractivity contribution in [2.75, 3.05) is 31.0 Å². The first-order valence-corrected chi connectivity index (χ1v) is 11.4. The van der Waals surface area contributed by atoms with Crippen LogP contribution >= 0.6 is 11.8 Å². The zero-order valence-corrected chi connectivity index (χ0v) is 18.6. The number of anilines is 1. The van der Waals surface area contributed by atoms with E-state index in [9.17, 15) is 4.79 Å². The number of benzene rings is 2. The monoisotopic (exact) mass is 414 g/mol. The quantitative estimate of drug-likeness (QED) is 0.627. The Labute approximate surface area is 177 Å². The highest BCUT2D eigenvalue weighted by Crippen LogP contribution is 2.39. The van der Waals surface area contributed by atoms with Crippen molar-refractivity contribution < 1.29 is 14.3 Å². The van der Waals surface area contributed by atoms with Crippen LogP contribution in [0.1, 0.15) is 48.3 Å². The number of ether oxygens (including phenoxy) is 2. The number of methoxy groups -OCH3 is 1. The van der Waals surface area contributed by atoms with E-state index in [1.54, 1.807) is 18.9 Å². The fraction of sp³-hybridized carbons (Fsp3) is 0.435. The summed E-state index contributed by atoms with van der Waals surface area (Å²) in [6.45, 7) is 7.33. The van der Waals surface area contributed by atoms with Gasteiger partial charge in [0.15, 0.2) is 11.5 Å². The molecule has 3 rings (SSSR count). The Hall–Kier alpha value is -2.34. The molecule has 0 bridgehead atoms. The summed E-state index contributed by atoms with van der Waals surface area (Å²) in [6.07, 6.45) is 2.07. The summed E-state index contributed by atoms with van der Waals surface area (Å²) in [5.41, 5.74) is 3.97. The summed E-state index contributed by atoms with van der Waals surface area (Å²) in [7, 11) is 1.64. The third-order valence-electron chi connectivity index (χ3n) is 5.01. The van der Waals surface area contributed by atoms with Crippen LogP contribution in [-0.2, 0) is 6.54 Å². The zero-order chi connectivity index (χ0) is 21.0. The molecule has 5 nitrogen and oxygen atoms in total. The standard InChI is InChI=1S/C23H30N2O3S/c1-6-28-22-12-16(10-11-21(22)27-4)20(14-29-5)25-13-18-17(23(25)26)8-7-9-19(18)24-15(2)3/h7-12,15,20,24H,6,13-14H2,1-5H3. The molecule has 156 valence electrons. The second-order valence-corrected chi connectivity index (χ2v) is 8.29. The first kappa shape index (κ1) is 21.4. The lowest BCUT2D eigenvalue weighted by atomic mass is 10.1. The van der Waals surface area contributed by atoms with E-state index in [2.05, 4.69) is 31.5 Å². The number of nitrogens with zero attached hydrogens (tertiary/aromatic N) is 1. The van der Waals surface area contributed by atoms with Gasteiger partial charge in [-0.2, -0.15) is 11.8 Å². The fourth-order valence-corrected chi connectivity index (χ4v) is 4.43. The van der Waals surface area contributed by atoms with Gasteiger partial charge in [-0.05, 0) is 56.9 Å². The molecule has 6 heteroatoms. The Morgan fingerprint density at radius 2 is 2.00 bits per heavy atom. The van der Waals surface area contributed by atoms with Crippen molar-refractivity contribution in [3.05, 3.63) is 53.1 Å². The molecule has 29 heavy (non-hydrogen) atoms. The maximum atomic E-state index is 13.3. The third-order valence-corrected chi connectivity index (χ3v) is 5.66. The largest absolute Gasteiger partial charge is 0.493 e. The van der Waals surface area contributed by atoms with Gasteiger partial charge in [-0.3, -0.25) is 4.79 Å². The molecule has 1 amide bonds. The molecule has 0 spiro atoms. The highest BCUT2D eigenvalue weighted by Gasteiger charge is 2.35. The van der Waals surface area contributed by atoms with E-state index in [0.717, 1.165) is 28.1 Å². The van der Waals surface area contributed by atoms with Crippen molar-refractivity contribution in [2.45, 2.75) is 39.4 Å². The van der Waals surface area contributed by atoms with Gasteiger partial charge in [-0.15, -0.1) is 0 Å². The van der Waals surface area contributed by atoms with Gasteiger partial charge in [0.2, 0.25) is 0 Å². The van der Waals surface area contributed by atoms with Gasteiger partial charge in [0, 0.05) is 35.2 Å². The Balaban J connectivity index is 1.96. The van der Waals surface area contributed by atoms with Crippen LogP contribution in [0.3, 0.4) is 0 Å². The Morgan fingerprint density at radius 3 is 2.66 bits per heavy atom. The summed E-state index contributed by atoms with van der Waals surface area (Å²) < 4.78 is 11.2. The minimum atomic E-state index is -0.0399. The Bertz CT molecular complexity index is 869.